The number of anilines is 4. The number of hydrogen-bond acceptors (Lipinski definition) is 7. The van der Waals surface area contributed by atoms with Crippen molar-refractivity contribution < 1.29 is 5.11 Å². The Morgan fingerprint density at radius 3 is 2.52 bits per heavy atom. The van der Waals surface area contributed by atoms with E-state index in [1.807, 2.05) is 12.3 Å². The van der Waals surface area contributed by atoms with E-state index in [0.29, 0.717) is 12.5 Å². The summed E-state index contributed by atoms with van der Waals surface area (Å²) in [6.07, 6.45) is 2.34. The van der Waals surface area contributed by atoms with Gasteiger partial charge in [-0.05, 0) is 43.7 Å². The van der Waals surface area contributed by atoms with Crippen molar-refractivity contribution in [2.24, 2.45) is 0 Å². The Balaban J connectivity index is 1.32. The Hall–Kier alpha value is -3.26. The van der Waals surface area contributed by atoms with Crippen molar-refractivity contribution in [3.05, 3.63) is 48.8 Å². The summed E-state index contributed by atoms with van der Waals surface area (Å²) >= 11 is 0. The highest BCUT2D eigenvalue weighted by Gasteiger charge is 2.24. The Morgan fingerprint density at radius 2 is 1.84 bits per heavy atom. The van der Waals surface area contributed by atoms with E-state index in [0.717, 1.165) is 67.4 Å². The van der Waals surface area contributed by atoms with E-state index < -0.39 is 0 Å². The van der Waals surface area contributed by atoms with Gasteiger partial charge in [0.25, 0.3) is 0 Å². The third kappa shape index (κ3) is 4.03. The summed E-state index contributed by atoms with van der Waals surface area (Å²) in [5.74, 6) is 1.41. The first-order valence-corrected chi connectivity index (χ1v) is 10.9. The third-order valence-electron chi connectivity index (χ3n) is 6.17. The number of β-amino-alcohol motifs (C(OH)–C–C–N with tert-alkyl or cyclic N) is 1. The lowest BCUT2D eigenvalue weighted by molar-refractivity contribution is 0.198. The predicted molar refractivity (Wildman–Crippen MR) is 125 cm³/mol. The minimum atomic E-state index is -0.301. The number of rotatable bonds is 5. The lowest BCUT2D eigenvalue weighted by atomic mass is 10.2. The van der Waals surface area contributed by atoms with Crippen LogP contribution in [0.2, 0.25) is 0 Å². The summed E-state index contributed by atoms with van der Waals surface area (Å²) in [6, 6.07) is 10.4. The van der Waals surface area contributed by atoms with Crippen LogP contribution < -0.4 is 15.1 Å². The number of nitrogens with one attached hydrogen (secondary N) is 2. The second-order valence-corrected chi connectivity index (χ2v) is 8.38. The number of aliphatic hydroxyl groups is 1. The van der Waals surface area contributed by atoms with Crippen molar-refractivity contribution in [3.63, 3.8) is 0 Å². The summed E-state index contributed by atoms with van der Waals surface area (Å²) in [5, 5.41) is 14.3. The van der Waals surface area contributed by atoms with E-state index in [4.69, 9.17) is 4.98 Å². The summed E-state index contributed by atoms with van der Waals surface area (Å²) in [7, 11) is 0. The number of allylic oxidation sites excluding steroid dienone is 1. The van der Waals surface area contributed by atoms with Gasteiger partial charge in [-0.15, -0.1) is 0 Å². The Morgan fingerprint density at radius 1 is 1.06 bits per heavy atom. The second-order valence-electron chi connectivity index (χ2n) is 8.38. The maximum Gasteiger partial charge on any atom is 0.231 e. The molecule has 8 nitrogen and oxygen atoms in total. The fraction of sp³-hybridized carbons (Fsp3) is 0.391. The van der Waals surface area contributed by atoms with Crippen LogP contribution in [0.3, 0.4) is 0 Å². The van der Waals surface area contributed by atoms with Crippen LogP contribution in [0.15, 0.2) is 48.8 Å². The molecule has 0 spiro atoms. The Labute approximate surface area is 182 Å². The quantitative estimate of drug-likeness (QED) is 0.586. The molecule has 3 N–H and O–H groups in total. The lowest BCUT2D eigenvalue weighted by Crippen LogP contribution is -2.45. The van der Waals surface area contributed by atoms with Crippen LogP contribution in [0, 0.1) is 0 Å². The normalized spacial score (nSPS) is 19.3. The molecule has 3 aromatic rings. The van der Waals surface area contributed by atoms with E-state index in [2.05, 4.69) is 67.8 Å². The zero-order chi connectivity index (χ0) is 21.4. The molecule has 2 fully saturated rings. The van der Waals surface area contributed by atoms with E-state index in [-0.39, 0.29) is 6.10 Å². The Bertz CT molecular complexity index is 1070. The molecule has 1 unspecified atom stereocenters. The zero-order valence-corrected chi connectivity index (χ0v) is 17.9. The summed E-state index contributed by atoms with van der Waals surface area (Å²) in [4.78, 5) is 19.4. The lowest BCUT2D eigenvalue weighted by Gasteiger charge is -2.37. The molecular weight excluding hydrogens is 390 g/mol. The number of aromatic nitrogens is 3. The van der Waals surface area contributed by atoms with Crippen LogP contribution in [0.25, 0.3) is 11.0 Å². The van der Waals surface area contributed by atoms with E-state index in [1.165, 1.54) is 5.69 Å². The topological polar surface area (TPSA) is 83.5 Å². The molecule has 31 heavy (non-hydrogen) atoms. The number of benzene rings is 1. The largest absolute Gasteiger partial charge is 0.391 e. The van der Waals surface area contributed by atoms with Gasteiger partial charge in [-0.1, -0.05) is 6.58 Å². The first kappa shape index (κ1) is 19.7. The molecule has 0 saturated carbocycles. The van der Waals surface area contributed by atoms with Gasteiger partial charge < -0.3 is 30.1 Å². The second kappa shape index (κ2) is 8.11. The summed E-state index contributed by atoms with van der Waals surface area (Å²) in [5.41, 5.74) is 4.10. The first-order chi connectivity index (χ1) is 15.1. The number of piperazine rings is 1. The predicted octanol–water partition coefficient (Wildman–Crippen LogP) is 2.93. The molecule has 0 bridgehead atoms. The highest BCUT2D eigenvalue weighted by molar-refractivity contribution is 5.89. The van der Waals surface area contributed by atoms with Crippen molar-refractivity contribution in [2.75, 3.05) is 54.4 Å². The minimum Gasteiger partial charge on any atom is -0.391 e. The average Bonchev–Trinajstić information content (AvgIpc) is 3.43. The van der Waals surface area contributed by atoms with Crippen LogP contribution in [0.5, 0.6) is 0 Å². The molecule has 8 heteroatoms. The van der Waals surface area contributed by atoms with Crippen molar-refractivity contribution >= 4 is 34.2 Å². The highest BCUT2D eigenvalue weighted by Crippen LogP contribution is 2.29. The fourth-order valence-electron chi connectivity index (χ4n) is 4.39. The van der Waals surface area contributed by atoms with Crippen LogP contribution in [-0.2, 0) is 0 Å². The molecule has 5 rings (SSSR count). The van der Waals surface area contributed by atoms with Crippen LogP contribution in [-0.4, -0.2) is 70.3 Å². The molecular formula is C23H29N7O. The molecule has 0 radical (unpaired) electrons. The first-order valence-electron chi connectivity index (χ1n) is 10.9. The van der Waals surface area contributed by atoms with Crippen LogP contribution in [0.4, 0.5) is 23.1 Å². The molecule has 2 saturated heterocycles. The molecule has 0 aliphatic carbocycles. The molecule has 1 aromatic carbocycles. The molecule has 4 heterocycles. The maximum atomic E-state index is 9.94. The maximum absolute atomic E-state index is 9.94. The molecule has 2 aliphatic heterocycles. The monoisotopic (exact) mass is 419 g/mol. The van der Waals surface area contributed by atoms with Gasteiger partial charge in [0.1, 0.15) is 11.5 Å². The molecule has 2 aliphatic rings. The molecule has 162 valence electrons. The molecule has 0 amide bonds. The molecule has 1 atom stereocenters. The van der Waals surface area contributed by atoms with Gasteiger partial charge in [-0.2, -0.15) is 9.97 Å². The molecule has 2 aromatic heterocycles. The summed E-state index contributed by atoms with van der Waals surface area (Å²) < 4.78 is 0. The van der Waals surface area contributed by atoms with E-state index >= 15 is 0 Å². The number of H-pyrrole nitrogens is 1. The van der Waals surface area contributed by atoms with E-state index in [1.54, 1.807) is 0 Å². The number of nitrogens with zero attached hydrogens (tertiary/aromatic N) is 5. The third-order valence-corrected chi connectivity index (χ3v) is 6.17. The average molecular weight is 420 g/mol. The SMILES string of the molecule is C=C(C)N1CCN(c2ccc(Nc3nc(N4CCC(O)C4)c4cc[nH]c4n3)cc2)CC1. The van der Waals surface area contributed by atoms with Crippen LogP contribution >= 0.6 is 0 Å². The van der Waals surface area contributed by atoms with Gasteiger partial charge in [-0.3, -0.25) is 0 Å². The van der Waals surface area contributed by atoms with Crippen molar-refractivity contribution in [2.45, 2.75) is 19.4 Å². The van der Waals surface area contributed by atoms with Crippen molar-refractivity contribution in [1.29, 1.82) is 0 Å². The Kier molecular flexibility index (Phi) is 5.15. The van der Waals surface area contributed by atoms with Gasteiger partial charge in [-0.25, -0.2) is 0 Å². The number of aromatic amines is 1. The van der Waals surface area contributed by atoms with Crippen LogP contribution in [0.1, 0.15) is 13.3 Å². The van der Waals surface area contributed by atoms with Crippen molar-refractivity contribution in [3.8, 4) is 0 Å². The smallest absolute Gasteiger partial charge is 0.231 e. The van der Waals surface area contributed by atoms with Gasteiger partial charge >= 0.3 is 0 Å². The van der Waals surface area contributed by atoms with E-state index in [9.17, 15) is 5.11 Å². The highest BCUT2D eigenvalue weighted by atomic mass is 16.3. The van der Waals surface area contributed by atoms with Gasteiger partial charge in [0.2, 0.25) is 5.95 Å². The minimum absolute atomic E-state index is 0.301. The summed E-state index contributed by atoms with van der Waals surface area (Å²) in [6.45, 7) is 11.5. The number of aliphatic hydroxyl groups excluding tert-OH is 1. The fourth-order valence-corrected chi connectivity index (χ4v) is 4.39. The van der Waals surface area contributed by atoms with Gasteiger partial charge in [0, 0.05) is 62.5 Å². The van der Waals surface area contributed by atoms with Gasteiger partial charge in [0.15, 0.2) is 0 Å². The number of fused-ring (bicyclic) bond motifs is 1. The van der Waals surface area contributed by atoms with Gasteiger partial charge in [0.05, 0.1) is 11.5 Å². The number of hydrogen-bond donors (Lipinski definition) is 3. The zero-order valence-electron chi connectivity index (χ0n) is 17.9. The standard InChI is InChI=1S/C23H29N7O/c1-16(2)28-11-13-29(14-12-28)18-5-3-17(4-6-18)25-23-26-21-20(7-9-24-21)22(27-23)30-10-8-19(31)15-30/h3-7,9,19,31H,1,8,10-15H2,2H3,(H2,24,25,26,27). The van der Waals surface area contributed by atoms with Crippen molar-refractivity contribution in [1.82, 2.24) is 19.9 Å².